The molecule has 1 amide bonds. The van der Waals surface area contributed by atoms with Gasteiger partial charge < -0.3 is 10.1 Å². The molecule has 0 radical (unpaired) electrons. The lowest BCUT2D eigenvalue weighted by atomic mass is 10.2. The molecule has 24 heavy (non-hydrogen) atoms. The van der Waals surface area contributed by atoms with Crippen molar-refractivity contribution in [2.24, 2.45) is 0 Å². The van der Waals surface area contributed by atoms with E-state index in [1.165, 1.54) is 11.4 Å². The van der Waals surface area contributed by atoms with Crippen LogP contribution in [0.25, 0.3) is 0 Å². The van der Waals surface area contributed by atoms with E-state index in [0.29, 0.717) is 11.4 Å². The smallest absolute Gasteiger partial charge is 0.262 e. The van der Waals surface area contributed by atoms with Gasteiger partial charge in [-0.1, -0.05) is 18.2 Å². The molecule has 128 valence electrons. The third-order valence-corrected chi connectivity index (χ3v) is 4.69. The second-order valence-electron chi connectivity index (χ2n) is 5.38. The van der Waals surface area contributed by atoms with Crippen molar-refractivity contribution in [2.45, 2.75) is 6.92 Å². The van der Waals surface area contributed by atoms with Crippen LogP contribution in [0, 0.1) is 6.92 Å². The number of nitrogens with one attached hydrogen (secondary N) is 1. The summed E-state index contributed by atoms with van der Waals surface area (Å²) in [5.41, 5.74) is 2.24. The summed E-state index contributed by atoms with van der Waals surface area (Å²) in [6.45, 7) is 1.78. The Kier molecular flexibility index (Phi) is 5.46. The third kappa shape index (κ3) is 4.73. The van der Waals surface area contributed by atoms with Crippen LogP contribution in [-0.2, 0) is 14.8 Å². The number of ether oxygens (including phenoxy) is 1. The van der Waals surface area contributed by atoms with E-state index in [2.05, 4.69) is 5.32 Å². The number of rotatable bonds is 6. The van der Waals surface area contributed by atoms with Crippen LogP contribution >= 0.6 is 0 Å². The molecule has 0 fully saturated rings. The van der Waals surface area contributed by atoms with Gasteiger partial charge in [-0.2, -0.15) is 0 Å². The van der Waals surface area contributed by atoms with Gasteiger partial charge in [0.1, 0.15) is 5.75 Å². The summed E-state index contributed by atoms with van der Waals surface area (Å²) in [5, 5.41) is 2.78. The van der Waals surface area contributed by atoms with E-state index in [0.717, 1.165) is 17.5 Å². The average Bonchev–Trinajstić information content (AvgIpc) is 2.54. The Morgan fingerprint density at radius 3 is 2.33 bits per heavy atom. The monoisotopic (exact) mass is 348 g/mol. The molecule has 0 aliphatic heterocycles. The Labute approximate surface area is 142 Å². The summed E-state index contributed by atoms with van der Waals surface area (Å²) in [5.74, 6) is 0.224. The highest BCUT2D eigenvalue weighted by Gasteiger charge is 2.12. The molecule has 0 saturated heterocycles. The van der Waals surface area contributed by atoms with Gasteiger partial charge in [-0.05, 0) is 42.8 Å². The number of aryl methyl sites for hydroxylation is 1. The minimum Gasteiger partial charge on any atom is -0.484 e. The van der Waals surface area contributed by atoms with E-state index in [1.54, 1.807) is 24.3 Å². The quantitative estimate of drug-likeness (QED) is 0.870. The molecule has 0 saturated carbocycles. The molecule has 0 atom stereocenters. The molecule has 2 aromatic carbocycles. The molecule has 0 aromatic heterocycles. The minimum atomic E-state index is -3.30. The Morgan fingerprint density at radius 2 is 1.75 bits per heavy atom. The van der Waals surface area contributed by atoms with Crippen LogP contribution in [0.2, 0.25) is 0 Å². The van der Waals surface area contributed by atoms with Crippen LogP contribution in [0.4, 0.5) is 11.4 Å². The van der Waals surface area contributed by atoms with E-state index in [-0.39, 0.29) is 12.5 Å². The van der Waals surface area contributed by atoms with E-state index in [4.69, 9.17) is 4.74 Å². The predicted molar refractivity (Wildman–Crippen MR) is 95.0 cm³/mol. The van der Waals surface area contributed by atoms with Gasteiger partial charge in [0, 0.05) is 12.7 Å². The second kappa shape index (κ2) is 7.35. The van der Waals surface area contributed by atoms with Crippen LogP contribution < -0.4 is 14.4 Å². The maximum absolute atomic E-state index is 11.9. The highest BCUT2D eigenvalue weighted by atomic mass is 32.2. The van der Waals surface area contributed by atoms with E-state index < -0.39 is 10.0 Å². The van der Waals surface area contributed by atoms with Crippen LogP contribution in [0.1, 0.15) is 5.56 Å². The van der Waals surface area contributed by atoms with Crippen LogP contribution in [0.3, 0.4) is 0 Å². The molecule has 2 aromatic rings. The molecule has 7 heteroatoms. The maximum atomic E-state index is 11.9. The molecule has 2 rings (SSSR count). The number of hydrogen-bond donors (Lipinski definition) is 1. The van der Waals surface area contributed by atoms with Gasteiger partial charge in [-0.25, -0.2) is 8.42 Å². The fourth-order valence-electron chi connectivity index (χ4n) is 1.99. The lowest BCUT2D eigenvalue weighted by molar-refractivity contribution is -0.118. The van der Waals surface area contributed by atoms with Crippen LogP contribution in [0.15, 0.2) is 48.5 Å². The zero-order valence-electron chi connectivity index (χ0n) is 13.8. The standard InChI is InChI=1S/C17H20N2O4S/c1-13-6-4-5-7-16(13)18-17(20)12-23-15-10-8-14(9-11-15)19(2)24(3,21)22/h4-11H,12H2,1-3H3,(H,18,20). The number of anilines is 2. The first-order valence-electron chi connectivity index (χ1n) is 7.29. The summed E-state index contributed by atoms with van der Waals surface area (Å²) >= 11 is 0. The fourth-order valence-corrected chi connectivity index (χ4v) is 2.50. The SMILES string of the molecule is Cc1ccccc1NC(=O)COc1ccc(N(C)S(C)(=O)=O)cc1. The lowest BCUT2D eigenvalue weighted by Gasteiger charge is -2.16. The zero-order chi connectivity index (χ0) is 17.7. The lowest BCUT2D eigenvalue weighted by Crippen LogP contribution is -2.24. The van der Waals surface area contributed by atoms with Gasteiger partial charge in [-0.15, -0.1) is 0 Å². The van der Waals surface area contributed by atoms with Gasteiger partial charge >= 0.3 is 0 Å². The van der Waals surface area contributed by atoms with Crippen LogP contribution in [0.5, 0.6) is 5.75 Å². The topological polar surface area (TPSA) is 75.7 Å². The Balaban J connectivity index is 1.93. The Hall–Kier alpha value is -2.54. The normalized spacial score (nSPS) is 11.0. The average molecular weight is 348 g/mol. The summed E-state index contributed by atoms with van der Waals surface area (Å²) in [4.78, 5) is 11.9. The number of benzene rings is 2. The summed E-state index contributed by atoms with van der Waals surface area (Å²) in [7, 11) is -1.83. The first-order chi connectivity index (χ1) is 11.3. The molecule has 0 aliphatic carbocycles. The molecule has 0 aliphatic rings. The van der Waals surface area contributed by atoms with Gasteiger partial charge in [0.2, 0.25) is 10.0 Å². The van der Waals surface area contributed by atoms with Crippen molar-refractivity contribution in [2.75, 3.05) is 29.5 Å². The first-order valence-corrected chi connectivity index (χ1v) is 9.14. The summed E-state index contributed by atoms with van der Waals surface area (Å²) in [6, 6.07) is 14.0. The van der Waals surface area contributed by atoms with Crippen molar-refractivity contribution in [3.8, 4) is 5.75 Å². The van der Waals surface area contributed by atoms with E-state index in [9.17, 15) is 13.2 Å². The Bertz CT molecular complexity index is 817. The molecular formula is C17H20N2O4S. The van der Waals surface area contributed by atoms with Crippen molar-refractivity contribution >= 4 is 27.3 Å². The van der Waals surface area contributed by atoms with Gasteiger partial charge in [-0.3, -0.25) is 9.10 Å². The number of carbonyl (C=O) groups excluding carboxylic acids is 1. The number of para-hydroxylation sites is 1. The first kappa shape index (κ1) is 17.8. The highest BCUT2D eigenvalue weighted by Crippen LogP contribution is 2.20. The highest BCUT2D eigenvalue weighted by molar-refractivity contribution is 7.92. The van der Waals surface area contributed by atoms with E-state index in [1.807, 2.05) is 31.2 Å². The predicted octanol–water partition coefficient (Wildman–Crippen LogP) is 2.41. The molecule has 0 bridgehead atoms. The van der Waals surface area contributed by atoms with Gasteiger partial charge in [0.15, 0.2) is 6.61 Å². The van der Waals surface area contributed by atoms with Crippen molar-refractivity contribution in [1.82, 2.24) is 0 Å². The van der Waals surface area contributed by atoms with Crippen LogP contribution in [-0.4, -0.2) is 34.2 Å². The molecule has 0 spiro atoms. The van der Waals surface area contributed by atoms with Crippen molar-refractivity contribution in [3.63, 3.8) is 0 Å². The zero-order valence-corrected chi connectivity index (χ0v) is 14.6. The number of amides is 1. The minimum absolute atomic E-state index is 0.129. The Morgan fingerprint density at radius 1 is 1.12 bits per heavy atom. The number of nitrogens with zero attached hydrogens (tertiary/aromatic N) is 1. The maximum Gasteiger partial charge on any atom is 0.262 e. The summed E-state index contributed by atoms with van der Waals surface area (Å²) in [6.07, 6.45) is 1.13. The van der Waals surface area contributed by atoms with E-state index >= 15 is 0 Å². The molecule has 0 heterocycles. The molecule has 0 unspecified atom stereocenters. The second-order valence-corrected chi connectivity index (χ2v) is 7.39. The van der Waals surface area contributed by atoms with Gasteiger partial charge in [0.25, 0.3) is 5.91 Å². The number of carbonyl (C=O) groups is 1. The number of sulfonamides is 1. The largest absolute Gasteiger partial charge is 0.484 e. The number of hydrogen-bond acceptors (Lipinski definition) is 4. The molecule has 6 nitrogen and oxygen atoms in total. The van der Waals surface area contributed by atoms with Gasteiger partial charge in [0.05, 0.1) is 11.9 Å². The molecular weight excluding hydrogens is 328 g/mol. The fraction of sp³-hybridized carbons (Fsp3) is 0.235. The third-order valence-electron chi connectivity index (χ3n) is 3.49. The van der Waals surface area contributed by atoms with Crippen molar-refractivity contribution < 1.29 is 17.9 Å². The van der Waals surface area contributed by atoms with Crippen molar-refractivity contribution in [3.05, 3.63) is 54.1 Å². The summed E-state index contributed by atoms with van der Waals surface area (Å²) < 4.78 is 29.5. The molecule has 1 N–H and O–H groups in total. The van der Waals surface area contributed by atoms with Crippen molar-refractivity contribution in [1.29, 1.82) is 0 Å².